The summed E-state index contributed by atoms with van der Waals surface area (Å²) in [5.41, 5.74) is -1.30. The fourth-order valence-corrected chi connectivity index (χ4v) is 3.59. The third kappa shape index (κ3) is 2.93. The Labute approximate surface area is 171 Å². The largest absolute Gasteiger partial charge is 0.270 e. The summed E-state index contributed by atoms with van der Waals surface area (Å²) in [5, 5.41) is 33.7. The van der Waals surface area contributed by atoms with E-state index in [4.69, 9.17) is 0 Å². The monoisotopic (exact) mass is 422 g/mol. The first-order valence-corrected chi connectivity index (χ1v) is 8.64. The van der Waals surface area contributed by atoms with Crippen molar-refractivity contribution in [2.24, 2.45) is 0 Å². The standard InChI is InChI=1S/C19H10N4O8/c1-9-4-11(21(26)27)2-3-16(9)20-18(24)14-7-12(22(28)29)5-10-6-13(23(30)31)8-15(17(10)14)19(20)25/h2-8H,1H3. The molecule has 0 unspecified atom stereocenters. The Hall–Kier alpha value is -4.74. The quantitative estimate of drug-likeness (QED) is 0.348. The Morgan fingerprint density at radius 1 is 0.710 bits per heavy atom. The number of carbonyl (C=O) groups is 2. The maximum absolute atomic E-state index is 13.2. The van der Waals surface area contributed by atoms with Gasteiger partial charge in [0, 0.05) is 41.8 Å². The van der Waals surface area contributed by atoms with Crippen molar-refractivity contribution in [2.75, 3.05) is 4.90 Å². The highest BCUT2D eigenvalue weighted by molar-refractivity contribution is 6.36. The van der Waals surface area contributed by atoms with Gasteiger partial charge >= 0.3 is 0 Å². The molecule has 3 aromatic carbocycles. The summed E-state index contributed by atoms with van der Waals surface area (Å²) in [4.78, 5) is 58.6. The molecule has 0 saturated carbocycles. The molecule has 0 aliphatic carbocycles. The number of rotatable bonds is 4. The van der Waals surface area contributed by atoms with Crippen molar-refractivity contribution in [1.29, 1.82) is 0 Å². The maximum Gasteiger partial charge on any atom is 0.270 e. The second-order valence-corrected chi connectivity index (χ2v) is 6.77. The Morgan fingerprint density at radius 2 is 1.19 bits per heavy atom. The van der Waals surface area contributed by atoms with Crippen molar-refractivity contribution in [3.05, 3.63) is 89.5 Å². The molecule has 0 atom stereocenters. The van der Waals surface area contributed by atoms with Gasteiger partial charge in [0.05, 0.1) is 31.6 Å². The van der Waals surface area contributed by atoms with E-state index in [-0.39, 0.29) is 38.8 Å². The molecule has 2 amide bonds. The third-order valence-corrected chi connectivity index (χ3v) is 4.94. The molecule has 1 aliphatic heterocycles. The second kappa shape index (κ2) is 6.66. The Balaban J connectivity index is 2.02. The minimum Gasteiger partial charge on any atom is -0.268 e. The van der Waals surface area contributed by atoms with Crippen LogP contribution in [-0.4, -0.2) is 26.6 Å². The van der Waals surface area contributed by atoms with Crippen molar-refractivity contribution in [3.63, 3.8) is 0 Å². The predicted octanol–water partition coefficient (Wildman–Crippen LogP) is 3.67. The normalized spacial score (nSPS) is 12.9. The van der Waals surface area contributed by atoms with Gasteiger partial charge in [0.2, 0.25) is 0 Å². The maximum atomic E-state index is 13.2. The van der Waals surface area contributed by atoms with E-state index in [9.17, 15) is 39.9 Å². The lowest BCUT2D eigenvalue weighted by Gasteiger charge is -2.28. The number of amides is 2. The molecule has 12 heteroatoms. The number of nitrogens with zero attached hydrogens (tertiary/aromatic N) is 4. The molecular weight excluding hydrogens is 412 g/mol. The molecule has 3 aromatic rings. The van der Waals surface area contributed by atoms with Crippen LogP contribution in [0.25, 0.3) is 10.8 Å². The lowest BCUT2D eigenvalue weighted by Crippen LogP contribution is -2.41. The first kappa shape index (κ1) is 19.6. The van der Waals surface area contributed by atoms with Crippen LogP contribution in [0.1, 0.15) is 26.3 Å². The summed E-state index contributed by atoms with van der Waals surface area (Å²) in [7, 11) is 0. The van der Waals surface area contributed by atoms with Crippen molar-refractivity contribution in [1.82, 2.24) is 0 Å². The SMILES string of the molecule is Cc1cc([N+](=O)[O-])ccc1N1C(=O)c2cc([N+](=O)[O-])cc3cc([N+](=O)[O-])cc(c23)C1=O. The fourth-order valence-electron chi connectivity index (χ4n) is 3.59. The van der Waals surface area contributed by atoms with E-state index >= 15 is 0 Å². The summed E-state index contributed by atoms with van der Waals surface area (Å²) in [6, 6.07) is 7.60. The summed E-state index contributed by atoms with van der Waals surface area (Å²) in [5.74, 6) is -1.76. The first-order chi connectivity index (χ1) is 14.6. The number of benzene rings is 3. The van der Waals surface area contributed by atoms with Crippen LogP contribution in [0.5, 0.6) is 0 Å². The zero-order chi connectivity index (χ0) is 22.6. The summed E-state index contributed by atoms with van der Waals surface area (Å²) in [6.45, 7) is 1.45. The van der Waals surface area contributed by atoms with Crippen LogP contribution in [0, 0.1) is 37.3 Å². The molecule has 12 nitrogen and oxygen atoms in total. The van der Waals surface area contributed by atoms with Crippen LogP contribution < -0.4 is 4.90 Å². The molecule has 1 heterocycles. The van der Waals surface area contributed by atoms with E-state index in [0.29, 0.717) is 4.90 Å². The minimum atomic E-state index is -0.878. The number of non-ortho nitro benzene ring substituents is 3. The van der Waals surface area contributed by atoms with Crippen molar-refractivity contribution in [2.45, 2.75) is 6.92 Å². The summed E-state index contributed by atoms with van der Waals surface area (Å²) >= 11 is 0. The number of anilines is 1. The zero-order valence-electron chi connectivity index (χ0n) is 15.6. The van der Waals surface area contributed by atoms with Crippen molar-refractivity contribution < 1.29 is 24.4 Å². The number of nitro benzene ring substituents is 3. The van der Waals surface area contributed by atoms with Gasteiger partial charge in [-0.2, -0.15) is 0 Å². The minimum absolute atomic E-state index is 0.00942. The van der Waals surface area contributed by atoms with E-state index < -0.39 is 38.0 Å². The highest BCUT2D eigenvalue weighted by atomic mass is 16.6. The third-order valence-electron chi connectivity index (χ3n) is 4.94. The second-order valence-electron chi connectivity index (χ2n) is 6.77. The molecule has 0 saturated heterocycles. The lowest BCUT2D eigenvalue weighted by atomic mass is 9.92. The van der Waals surface area contributed by atoms with Crippen LogP contribution in [0.2, 0.25) is 0 Å². The van der Waals surface area contributed by atoms with E-state index in [1.54, 1.807) is 0 Å². The van der Waals surface area contributed by atoms with Crippen LogP contribution in [0.4, 0.5) is 22.7 Å². The number of imide groups is 1. The topological polar surface area (TPSA) is 167 Å². The van der Waals surface area contributed by atoms with Gasteiger partial charge in [-0.1, -0.05) is 0 Å². The number of nitro groups is 3. The van der Waals surface area contributed by atoms with E-state index in [2.05, 4.69) is 0 Å². The summed E-state index contributed by atoms with van der Waals surface area (Å²) < 4.78 is 0. The Morgan fingerprint density at radius 3 is 1.61 bits per heavy atom. The highest BCUT2D eigenvalue weighted by Crippen LogP contribution is 2.39. The van der Waals surface area contributed by atoms with Gasteiger partial charge in [-0.3, -0.25) is 39.9 Å². The van der Waals surface area contributed by atoms with Gasteiger partial charge in [0.1, 0.15) is 0 Å². The van der Waals surface area contributed by atoms with Crippen molar-refractivity contribution >= 4 is 45.3 Å². The number of hydrogen-bond donors (Lipinski definition) is 0. The van der Waals surface area contributed by atoms with Gasteiger partial charge < -0.3 is 0 Å². The number of hydrogen-bond acceptors (Lipinski definition) is 8. The van der Waals surface area contributed by atoms with Crippen molar-refractivity contribution in [3.8, 4) is 0 Å². The van der Waals surface area contributed by atoms with Gasteiger partial charge in [-0.25, -0.2) is 4.90 Å². The van der Waals surface area contributed by atoms with E-state index in [1.165, 1.54) is 19.1 Å². The fraction of sp³-hybridized carbons (Fsp3) is 0.0526. The smallest absolute Gasteiger partial charge is 0.268 e. The highest BCUT2D eigenvalue weighted by Gasteiger charge is 2.37. The first-order valence-electron chi connectivity index (χ1n) is 8.64. The molecule has 0 fully saturated rings. The number of carbonyl (C=O) groups excluding carboxylic acids is 2. The van der Waals surface area contributed by atoms with Crippen LogP contribution >= 0.6 is 0 Å². The van der Waals surface area contributed by atoms with Gasteiger partial charge in [0.15, 0.2) is 0 Å². The molecule has 154 valence electrons. The van der Waals surface area contributed by atoms with Gasteiger partial charge in [-0.05, 0) is 23.9 Å². The molecule has 4 rings (SSSR count). The van der Waals surface area contributed by atoms with Gasteiger partial charge in [-0.15, -0.1) is 0 Å². The van der Waals surface area contributed by atoms with Crippen LogP contribution in [0.15, 0.2) is 42.5 Å². The van der Waals surface area contributed by atoms with Crippen LogP contribution in [0.3, 0.4) is 0 Å². The molecule has 31 heavy (non-hydrogen) atoms. The average molecular weight is 422 g/mol. The average Bonchev–Trinajstić information content (AvgIpc) is 2.71. The Kier molecular flexibility index (Phi) is 4.20. The van der Waals surface area contributed by atoms with Gasteiger partial charge in [0.25, 0.3) is 28.9 Å². The molecule has 0 bridgehead atoms. The molecule has 1 aliphatic rings. The Bertz CT molecular complexity index is 1310. The lowest BCUT2D eigenvalue weighted by molar-refractivity contribution is -0.385. The van der Waals surface area contributed by atoms with E-state index in [0.717, 1.165) is 30.3 Å². The van der Waals surface area contributed by atoms with E-state index in [1.807, 2.05) is 0 Å². The number of aryl methyl sites for hydroxylation is 1. The molecule has 0 aromatic heterocycles. The van der Waals surface area contributed by atoms with Crippen LogP contribution in [-0.2, 0) is 0 Å². The molecule has 0 spiro atoms. The summed E-state index contributed by atoms with van der Waals surface area (Å²) in [6.07, 6.45) is 0. The molecule has 0 N–H and O–H groups in total. The molecular formula is C19H10N4O8. The molecule has 0 radical (unpaired) electrons. The zero-order valence-corrected chi connectivity index (χ0v) is 15.6. The predicted molar refractivity (Wildman–Crippen MR) is 106 cm³/mol.